The zero-order valence-corrected chi connectivity index (χ0v) is 16.7. The summed E-state index contributed by atoms with van der Waals surface area (Å²) in [7, 11) is 0. The molecule has 2 aromatic rings. The second-order valence-corrected chi connectivity index (χ2v) is 7.43. The van der Waals surface area contributed by atoms with Gasteiger partial charge in [-0.1, -0.05) is 45.2 Å². The Balaban J connectivity index is 1.95. The van der Waals surface area contributed by atoms with Crippen molar-refractivity contribution < 1.29 is 9.59 Å². The molecule has 0 spiro atoms. The Morgan fingerprint density at radius 2 is 1.81 bits per heavy atom. The summed E-state index contributed by atoms with van der Waals surface area (Å²) in [5, 5.41) is 8.98. The Morgan fingerprint density at radius 3 is 2.46 bits per heavy atom. The molecule has 0 unspecified atom stereocenters. The number of nitrogens with one attached hydrogen (secondary N) is 3. The maximum Gasteiger partial charge on any atom is 0.319 e. The standard InChI is InChI=1S/C18H14BrCl2N3O2/c1-9-15(17(25)23-12-5-3-11(19)4-6-12)16(24-18(26)22-9)10-2-7-13(20)14(21)8-10/h2-8,16H,1H3,(H,23,25)(H2,22,24,26)/t16-/m1/s1. The van der Waals surface area contributed by atoms with Crippen molar-refractivity contribution >= 4 is 56.8 Å². The van der Waals surface area contributed by atoms with Gasteiger partial charge in [0.15, 0.2) is 0 Å². The van der Waals surface area contributed by atoms with Crippen LogP contribution in [0.5, 0.6) is 0 Å². The van der Waals surface area contributed by atoms with Crippen molar-refractivity contribution in [2.45, 2.75) is 13.0 Å². The molecule has 0 fully saturated rings. The normalized spacial score (nSPS) is 16.8. The van der Waals surface area contributed by atoms with E-state index in [4.69, 9.17) is 23.2 Å². The van der Waals surface area contributed by atoms with Crippen LogP contribution in [0.1, 0.15) is 18.5 Å². The number of allylic oxidation sites excluding steroid dienone is 1. The quantitative estimate of drug-likeness (QED) is 0.609. The van der Waals surface area contributed by atoms with Crippen molar-refractivity contribution in [2.24, 2.45) is 0 Å². The van der Waals surface area contributed by atoms with E-state index < -0.39 is 12.1 Å². The molecule has 0 saturated carbocycles. The molecule has 134 valence electrons. The molecule has 0 saturated heterocycles. The van der Waals surface area contributed by atoms with Crippen molar-refractivity contribution in [3.05, 3.63) is 73.8 Å². The third kappa shape index (κ3) is 4.03. The molecule has 0 aliphatic carbocycles. The van der Waals surface area contributed by atoms with Crippen LogP contribution in [0.15, 0.2) is 58.2 Å². The van der Waals surface area contributed by atoms with E-state index >= 15 is 0 Å². The molecule has 0 aromatic heterocycles. The lowest BCUT2D eigenvalue weighted by molar-refractivity contribution is -0.113. The summed E-state index contributed by atoms with van der Waals surface area (Å²) in [6.45, 7) is 1.68. The number of hydrogen-bond donors (Lipinski definition) is 3. The van der Waals surface area contributed by atoms with E-state index in [9.17, 15) is 9.59 Å². The molecule has 2 aromatic carbocycles. The van der Waals surface area contributed by atoms with Gasteiger partial charge in [-0.3, -0.25) is 4.79 Å². The van der Waals surface area contributed by atoms with E-state index in [0.717, 1.165) is 4.47 Å². The molecule has 3 N–H and O–H groups in total. The number of carbonyl (C=O) groups is 2. The lowest BCUT2D eigenvalue weighted by Gasteiger charge is -2.29. The number of urea groups is 1. The summed E-state index contributed by atoms with van der Waals surface area (Å²) in [6.07, 6.45) is 0. The molecule has 0 radical (unpaired) electrons. The highest BCUT2D eigenvalue weighted by atomic mass is 79.9. The lowest BCUT2D eigenvalue weighted by atomic mass is 9.95. The van der Waals surface area contributed by atoms with Gasteiger partial charge in [-0.25, -0.2) is 4.79 Å². The van der Waals surface area contributed by atoms with Crippen LogP contribution < -0.4 is 16.0 Å². The smallest absolute Gasteiger partial charge is 0.319 e. The predicted molar refractivity (Wildman–Crippen MR) is 106 cm³/mol. The zero-order valence-electron chi connectivity index (χ0n) is 13.6. The van der Waals surface area contributed by atoms with Crippen LogP contribution in [0.2, 0.25) is 10.0 Å². The van der Waals surface area contributed by atoms with E-state index in [1.807, 2.05) is 12.1 Å². The van der Waals surface area contributed by atoms with Crippen molar-refractivity contribution in [1.29, 1.82) is 0 Å². The lowest BCUT2D eigenvalue weighted by Crippen LogP contribution is -2.45. The van der Waals surface area contributed by atoms with Crippen molar-refractivity contribution in [3.63, 3.8) is 0 Å². The summed E-state index contributed by atoms with van der Waals surface area (Å²) >= 11 is 15.4. The van der Waals surface area contributed by atoms with Crippen LogP contribution in [0.4, 0.5) is 10.5 Å². The Kier molecular flexibility index (Phi) is 5.55. The van der Waals surface area contributed by atoms with Crippen LogP contribution in [0.3, 0.4) is 0 Å². The van der Waals surface area contributed by atoms with Crippen LogP contribution in [0, 0.1) is 0 Å². The summed E-state index contributed by atoms with van der Waals surface area (Å²) in [5.41, 5.74) is 2.17. The van der Waals surface area contributed by atoms with Crippen LogP contribution >= 0.6 is 39.1 Å². The van der Waals surface area contributed by atoms with Gasteiger partial charge >= 0.3 is 6.03 Å². The molecule has 3 rings (SSSR count). The minimum atomic E-state index is -0.644. The molecule has 1 aliphatic heterocycles. The van der Waals surface area contributed by atoms with Gasteiger partial charge in [-0.15, -0.1) is 0 Å². The van der Waals surface area contributed by atoms with E-state index in [0.29, 0.717) is 32.6 Å². The van der Waals surface area contributed by atoms with Gasteiger partial charge in [0.25, 0.3) is 5.91 Å². The number of benzene rings is 2. The first-order chi connectivity index (χ1) is 12.3. The maximum absolute atomic E-state index is 12.9. The maximum atomic E-state index is 12.9. The van der Waals surface area contributed by atoms with Crippen LogP contribution in [-0.4, -0.2) is 11.9 Å². The van der Waals surface area contributed by atoms with E-state index in [1.54, 1.807) is 37.3 Å². The van der Waals surface area contributed by atoms with Gasteiger partial charge in [0, 0.05) is 15.9 Å². The molecule has 8 heteroatoms. The van der Waals surface area contributed by atoms with Crippen molar-refractivity contribution in [2.75, 3.05) is 5.32 Å². The molecule has 1 aliphatic rings. The summed E-state index contributed by atoms with van der Waals surface area (Å²) in [6, 6.07) is 11.2. The summed E-state index contributed by atoms with van der Waals surface area (Å²) in [4.78, 5) is 24.8. The monoisotopic (exact) mass is 453 g/mol. The molecular weight excluding hydrogens is 441 g/mol. The summed E-state index contributed by atoms with van der Waals surface area (Å²) < 4.78 is 0.908. The van der Waals surface area contributed by atoms with E-state index in [-0.39, 0.29) is 5.91 Å². The number of rotatable bonds is 3. The van der Waals surface area contributed by atoms with Gasteiger partial charge in [0.05, 0.1) is 21.7 Å². The molecule has 3 amide bonds. The molecule has 26 heavy (non-hydrogen) atoms. The van der Waals surface area contributed by atoms with Crippen LogP contribution in [0.25, 0.3) is 0 Å². The fourth-order valence-corrected chi connectivity index (χ4v) is 3.24. The molecule has 1 atom stereocenters. The molecule has 0 bridgehead atoms. The topological polar surface area (TPSA) is 70.2 Å². The molecule has 5 nitrogen and oxygen atoms in total. The third-order valence-electron chi connectivity index (χ3n) is 3.89. The minimum Gasteiger partial charge on any atom is -0.327 e. The number of halogens is 3. The minimum absolute atomic E-state index is 0.326. The Morgan fingerprint density at radius 1 is 1.12 bits per heavy atom. The number of amides is 3. The molecule has 1 heterocycles. The SMILES string of the molecule is CC1=C(C(=O)Nc2ccc(Br)cc2)[C@@H](c2ccc(Cl)c(Cl)c2)NC(=O)N1. The fraction of sp³-hybridized carbons (Fsp3) is 0.111. The van der Waals surface area contributed by atoms with Gasteiger partial charge in [0.2, 0.25) is 0 Å². The molecular formula is C18H14BrCl2N3O2. The predicted octanol–water partition coefficient (Wildman–Crippen LogP) is 5.02. The van der Waals surface area contributed by atoms with Gasteiger partial charge in [-0.2, -0.15) is 0 Å². The van der Waals surface area contributed by atoms with Crippen molar-refractivity contribution in [1.82, 2.24) is 10.6 Å². The second-order valence-electron chi connectivity index (χ2n) is 5.70. The Hall–Kier alpha value is -2.02. The number of hydrogen-bond acceptors (Lipinski definition) is 2. The summed E-state index contributed by atoms with van der Waals surface area (Å²) in [5.74, 6) is -0.326. The number of anilines is 1. The van der Waals surface area contributed by atoms with Crippen LogP contribution in [-0.2, 0) is 4.79 Å². The first kappa shape index (κ1) is 18.8. The average Bonchev–Trinajstić information content (AvgIpc) is 2.58. The fourth-order valence-electron chi connectivity index (χ4n) is 2.67. The Bertz CT molecular complexity index is 913. The highest BCUT2D eigenvalue weighted by molar-refractivity contribution is 9.10. The largest absolute Gasteiger partial charge is 0.327 e. The zero-order chi connectivity index (χ0) is 18.8. The van der Waals surface area contributed by atoms with Gasteiger partial charge in [0.1, 0.15) is 0 Å². The second kappa shape index (κ2) is 7.70. The first-order valence-corrected chi connectivity index (χ1v) is 9.20. The number of carbonyl (C=O) groups excluding carboxylic acids is 2. The van der Waals surface area contributed by atoms with Gasteiger partial charge < -0.3 is 16.0 Å². The highest BCUT2D eigenvalue weighted by Crippen LogP contribution is 2.32. The Labute approximate surface area is 168 Å². The highest BCUT2D eigenvalue weighted by Gasteiger charge is 2.31. The van der Waals surface area contributed by atoms with Gasteiger partial charge in [-0.05, 0) is 48.9 Å². The van der Waals surface area contributed by atoms with Crippen molar-refractivity contribution in [3.8, 4) is 0 Å². The third-order valence-corrected chi connectivity index (χ3v) is 5.16. The van der Waals surface area contributed by atoms with E-state index in [2.05, 4.69) is 31.9 Å². The first-order valence-electron chi connectivity index (χ1n) is 7.65. The van der Waals surface area contributed by atoms with E-state index in [1.165, 1.54) is 0 Å². The average molecular weight is 455 g/mol.